The minimum absolute atomic E-state index is 0.0285. The molecule has 0 aliphatic carbocycles. The van der Waals surface area contributed by atoms with Gasteiger partial charge in [0.1, 0.15) is 12.7 Å². The molecule has 0 fully saturated rings. The minimum atomic E-state index is -0.718. The monoisotopic (exact) mass is 278 g/mol. The molecule has 0 amide bonds. The van der Waals surface area contributed by atoms with Gasteiger partial charge in [0.25, 0.3) is 0 Å². The van der Waals surface area contributed by atoms with E-state index in [1.807, 2.05) is 26.8 Å². The Morgan fingerprint density at radius 3 is 2.90 bits per heavy atom. The molecule has 5 heteroatoms. The van der Waals surface area contributed by atoms with Crippen LogP contribution in [0.25, 0.3) is 6.08 Å². The Balaban J connectivity index is 2.28. The highest BCUT2D eigenvalue weighted by molar-refractivity contribution is 5.86. The molecule has 0 saturated heterocycles. The number of rotatable bonds is 6. The maximum absolute atomic E-state index is 11.5. The molecule has 0 saturated carbocycles. The lowest BCUT2D eigenvalue weighted by Crippen LogP contribution is -2.42. The lowest BCUT2D eigenvalue weighted by Gasteiger charge is -2.22. The van der Waals surface area contributed by atoms with Crippen molar-refractivity contribution in [1.82, 2.24) is 10.3 Å². The summed E-state index contributed by atoms with van der Waals surface area (Å²) in [5, 5.41) is 12.8. The molecule has 1 heterocycles. The molecule has 20 heavy (non-hydrogen) atoms. The fraction of sp³-hybridized carbons (Fsp3) is 0.467. The van der Waals surface area contributed by atoms with E-state index >= 15 is 0 Å². The van der Waals surface area contributed by atoms with Crippen LogP contribution in [0.1, 0.15) is 26.3 Å². The van der Waals surface area contributed by atoms with E-state index in [0.29, 0.717) is 6.54 Å². The molecule has 0 aromatic carbocycles. The van der Waals surface area contributed by atoms with Gasteiger partial charge in [0.15, 0.2) is 0 Å². The van der Waals surface area contributed by atoms with Gasteiger partial charge in [0.05, 0.1) is 0 Å². The zero-order chi connectivity index (χ0) is 15.0. The van der Waals surface area contributed by atoms with Gasteiger partial charge in [-0.15, -0.1) is 0 Å². The van der Waals surface area contributed by atoms with Gasteiger partial charge in [-0.25, -0.2) is 4.79 Å². The summed E-state index contributed by atoms with van der Waals surface area (Å²) in [5.74, 6) is -0.483. The van der Waals surface area contributed by atoms with E-state index in [-0.39, 0.29) is 12.1 Å². The predicted octanol–water partition coefficient (Wildman–Crippen LogP) is 1.39. The molecule has 0 aliphatic heterocycles. The average Bonchev–Trinajstić information content (AvgIpc) is 2.41. The summed E-state index contributed by atoms with van der Waals surface area (Å²) in [5.41, 5.74) is 0.741. The maximum atomic E-state index is 11.5. The van der Waals surface area contributed by atoms with Crippen molar-refractivity contribution in [3.8, 4) is 0 Å². The Labute approximate surface area is 119 Å². The largest absolute Gasteiger partial charge is 0.460 e. The van der Waals surface area contributed by atoms with E-state index in [0.717, 1.165) is 5.56 Å². The minimum Gasteiger partial charge on any atom is -0.460 e. The molecule has 1 rings (SSSR count). The first-order valence-corrected chi connectivity index (χ1v) is 6.55. The zero-order valence-electron chi connectivity index (χ0n) is 12.2. The van der Waals surface area contributed by atoms with Gasteiger partial charge in [-0.05, 0) is 38.5 Å². The van der Waals surface area contributed by atoms with Gasteiger partial charge < -0.3 is 15.2 Å². The third kappa shape index (κ3) is 7.66. The standard InChI is InChI=1S/C15H22N2O3/c1-15(2,3)17-10-13(18)11-20-14(19)7-6-12-5-4-8-16-9-12/h4-9,13,17-18H,10-11H2,1-3H3/b7-6-. The summed E-state index contributed by atoms with van der Waals surface area (Å²) in [4.78, 5) is 15.4. The van der Waals surface area contributed by atoms with Gasteiger partial charge in [-0.3, -0.25) is 4.98 Å². The Morgan fingerprint density at radius 2 is 2.30 bits per heavy atom. The molecule has 0 radical (unpaired) electrons. The molecule has 0 bridgehead atoms. The van der Waals surface area contributed by atoms with Crippen LogP contribution in [0.2, 0.25) is 0 Å². The van der Waals surface area contributed by atoms with Crippen molar-refractivity contribution < 1.29 is 14.6 Å². The Morgan fingerprint density at radius 1 is 1.55 bits per heavy atom. The first-order valence-electron chi connectivity index (χ1n) is 6.55. The van der Waals surface area contributed by atoms with Gasteiger partial charge in [-0.2, -0.15) is 0 Å². The zero-order valence-corrected chi connectivity index (χ0v) is 12.2. The van der Waals surface area contributed by atoms with E-state index in [1.165, 1.54) is 6.08 Å². The number of aliphatic hydroxyl groups excluding tert-OH is 1. The SMILES string of the molecule is CC(C)(C)NCC(O)COC(=O)/C=C\c1cccnc1. The van der Waals surface area contributed by atoms with Crippen LogP contribution in [-0.2, 0) is 9.53 Å². The summed E-state index contributed by atoms with van der Waals surface area (Å²) in [6, 6.07) is 3.62. The van der Waals surface area contributed by atoms with Crippen molar-refractivity contribution in [1.29, 1.82) is 0 Å². The number of ether oxygens (including phenoxy) is 1. The molecule has 110 valence electrons. The lowest BCUT2D eigenvalue weighted by molar-refractivity contribution is -0.140. The Bertz CT molecular complexity index is 438. The highest BCUT2D eigenvalue weighted by atomic mass is 16.5. The fourth-order valence-electron chi connectivity index (χ4n) is 1.35. The third-order valence-electron chi connectivity index (χ3n) is 2.38. The smallest absolute Gasteiger partial charge is 0.330 e. The van der Waals surface area contributed by atoms with E-state index < -0.39 is 12.1 Å². The number of carbonyl (C=O) groups is 1. The number of aromatic nitrogens is 1. The highest BCUT2D eigenvalue weighted by Crippen LogP contribution is 2.00. The van der Waals surface area contributed by atoms with Crippen LogP contribution in [0.3, 0.4) is 0 Å². The summed E-state index contributed by atoms with van der Waals surface area (Å²) >= 11 is 0. The van der Waals surface area contributed by atoms with Crippen LogP contribution in [0, 0.1) is 0 Å². The van der Waals surface area contributed by atoms with Crippen LogP contribution in [0.5, 0.6) is 0 Å². The van der Waals surface area contributed by atoms with Gasteiger partial charge in [0.2, 0.25) is 0 Å². The van der Waals surface area contributed by atoms with Crippen LogP contribution in [0.15, 0.2) is 30.6 Å². The maximum Gasteiger partial charge on any atom is 0.330 e. The van der Waals surface area contributed by atoms with Crippen LogP contribution in [0.4, 0.5) is 0 Å². The number of carbonyl (C=O) groups excluding carboxylic acids is 1. The number of pyridine rings is 1. The Hall–Kier alpha value is -1.72. The van der Waals surface area contributed by atoms with Crippen LogP contribution < -0.4 is 5.32 Å². The van der Waals surface area contributed by atoms with Gasteiger partial charge >= 0.3 is 5.97 Å². The lowest BCUT2D eigenvalue weighted by atomic mass is 10.1. The summed E-state index contributed by atoms with van der Waals surface area (Å²) in [6.45, 7) is 6.36. The fourth-order valence-corrected chi connectivity index (χ4v) is 1.35. The summed E-state index contributed by atoms with van der Waals surface area (Å²) in [6.07, 6.45) is 5.53. The molecule has 1 unspecified atom stereocenters. The Kier molecular flexibility index (Phi) is 6.35. The summed E-state index contributed by atoms with van der Waals surface area (Å²) < 4.78 is 4.95. The number of β-amino-alcohol motifs (C(OH)–C–C–N with tert-alkyl or cyclic N) is 1. The third-order valence-corrected chi connectivity index (χ3v) is 2.38. The summed E-state index contributed by atoms with van der Waals surface area (Å²) in [7, 11) is 0. The van der Waals surface area contributed by atoms with Crippen molar-refractivity contribution in [3.05, 3.63) is 36.2 Å². The van der Waals surface area contributed by atoms with Crippen molar-refractivity contribution in [2.45, 2.75) is 32.4 Å². The van der Waals surface area contributed by atoms with Crippen molar-refractivity contribution >= 4 is 12.0 Å². The first-order chi connectivity index (χ1) is 9.37. The second-order valence-electron chi connectivity index (χ2n) is 5.53. The van der Waals surface area contributed by atoms with Gasteiger partial charge in [0, 0.05) is 30.6 Å². The number of hydrogen-bond acceptors (Lipinski definition) is 5. The first kappa shape index (κ1) is 16.3. The van der Waals surface area contributed by atoms with Crippen molar-refractivity contribution in [2.24, 2.45) is 0 Å². The molecule has 5 nitrogen and oxygen atoms in total. The van der Waals surface area contributed by atoms with E-state index in [2.05, 4.69) is 10.3 Å². The van der Waals surface area contributed by atoms with Crippen molar-refractivity contribution in [3.63, 3.8) is 0 Å². The van der Waals surface area contributed by atoms with E-state index in [4.69, 9.17) is 4.74 Å². The molecule has 0 spiro atoms. The second-order valence-corrected chi connectivity index (χ2v) is 5.53. The number of aliphatic hydroxyl groups is 1. The van der Waals surface area contributed by atoms with Crippen molar-refractivity contribution in [2.75, 3.05) is 13.2 Å². The van der Waals surface area contributed by atoms with Crippen LogP contribution in [-0.4, -0.2) is 40.9 Å². The molecule has 1 aromatic heterocycles. The molecule has 1 atom stereocenters. The van der Waals surface area contributed by atoms with E-state index in [1.54, 1.807) is 24.5 Å². The second kappa shape index (κ2) is 7.77. The molecule has 2 N–H and O–H groups in total. The predicted molar refractivity (Wildman–Crippen MR) is 78.0 cm³/mol. The topological polar surface area (TPSA) is 71.4 Å². The molecular formula is C15H22N2O3. The number of hydrogen-bond donors (Lipinski definition) is 2. The molecular weight excluding hydrogens is 256 g/mol. The number of nitrogens with zero attached hydrogens (tertiary/aromatic N) is 1. The normalized spacial score (nSPS) is 13.4. The molecule has 1 aromatic rings. The number of nitrogens with one attached hydrogen (secondary N) is 1. The van der Waals surface area contributed by atoms with E-state index in [9.17, 15) is 9.90 Å². The number of esters is 1. The van der Waals surface area contributed by atoms with Crippen LogP contribution >= 0.6 is 0 Å². The molecule has 0 aliphatic rings. The quantitative estimate of drug-likeness (QED) is 0.608. The van der Waals surface area contributed by atoms with Gasteiger partial charge in [-0.1, -0.05) is 6.07 Å². The average molecular weight is 278 g/mol. The highest BCUT2D eigenvalue weighted by Gasteiger charge is 2.13.